The van der Waals surface area contributed by atoms with Gasteiger partial charge in [-0.15, -0.1) is 10.2 Å². The molecule has 27 heavy (non-hydrogen) atoms. The molecule has 0 amide bonds. The molecule has 0 atom stereocenters. The first kappa shape index (κ1) is 19.2. The molecule has 2 aromatic heterocycles. The van der Waals surface area contributed by atoms with Gasteiger partial charge in [-0.25, -0.2) is 0 Å². The number of ether oxygens (including phenoxy) is 1. The second-order valence-corrected chi connectivity index (χ2v) is 7.58. The Bertz CT molecular complexity index is 913. The van der Waals surface area contributed by atoms with Crippen molar-refractivity contribution in [2.75, 3.05) is 12.9 Å². The lowest BCUT2D eigenvalue weighted by Crippen LogP contribution is -2.09. The van der Waals surface area contributed by atoms with Crippen LogP contribution in [-0.2, 0) is 6.54 Å². The maximum Gasteiger partial charge on any atom is 0.191 e. The van der Waals surface area contributed by atoms with Crippen molar-refractivity contribution in [1.29, 1.82) is 0 Å². The van der Waals surface area contributed by atoms with Crippen LogP contribution in [0.5, 0.6) is 5.75 Å². The molecular weight excluding hydrogens is 362 g/mol. The lowest BCUT2D eigenvalue weighted by atomic mass is 10.1. The quantitative estimate of drug-likeness (QED) is 0.420. The van der Waals surface area contributed by atoms with E-state index in [0.29, 0.717) is 17.2 Å². The summed E-state index contributed by atoms with van der Waals surface area (Å²) in [6.45, 7) is 6.96. The first-order chi connectivity index (χ1) is 13.0. The third-order valence-electron chi connectivity index (χ3n) is 4.11. The Balaban J connectivity index is 1.78. The van der Waals surface area contributed by atoms with E-state index in [1.165, 1.54) is 11.8 Å². The SMILES string of the molecule is COc1ccc(C(=O)CSc2nnc(-c3ccoc3C)n2CC(C)C)cc1. The average Bonchev–Trinajstić information content (AvgIpc) is 3.25. The molecule has 0 saturated carbocycles. The normalized spacial score (nSPS) is 11.1. The van der Waals surface area contributed by atoms with Gasteiger partial charge in [-0.2, -0.15) is 0 Å². The molecule has 0 spiro atoms. The molecule has 0 aliphatic heterocycles. The summed E-state index contributed by atoms with van der Waals surface area (Å²) in [6.07, 6.45) is 1.65. The van der Waals surface area contributed by atoms with Crippen LogP contribution in [0.4, 0.5) is 0 Å². The van der Waals surface area contributed by atoms with Gasteiger partial charge >= 0.3 is 0 Å². The zero-order chi connectivity index (χ0) is 19.4. The number of hydrogen-bond donors (Lipinski definition) is 0. The number of hydrogen-bond acceptors (Lipinski definition) is 6. The Morgan fingerprint density at radius 1 is 1.22 bits per heavy atom. The van der Waals surface area contributed by atoms with Crippen molar-refractivity contribution < 1.29 is 13.9 Å². The van der Waals surface area contributed by atoms with Gasteiger partial charge < -0.3 is 13.7 Å². The van der Waals surface area contributed by atoms with E-state index in [0.717, 1.165) is 34.6 Å². The molecule has 3 rings (SSSR count). The summed E-state index contributed by atoms with van der Waals surface area (Å²) in [5.41, 5.74) is 1.58. The van der Waals surface area contributed by atoms with Gasteiger partial charge in [-0.05, 0) is 43.2 Å². The average molecular weight is 385 g/mol. The van der Waals surface area contributed by atoms with Crippen molar-refractivity contribution in [1.82, 2.24) is 14.8 Å². The number of aryl methyl sites for hydroxylation is 1. The smallest absolute Gasteiger partial charge is 0.191 e. The van der Waals surface area contributed by atoms with Crippen LogP contribution in [0.1, 0.15) is 30.0 Å². The largest absolute Gasteiger partial charge is 0.497 e. The second-order valence-electron chi connectivity index (χ2n) is 6.64. The number of furan rings is 1. The fourth-order valence-electron chi connectivity index (χ4n) is 2.73. The van der Waals surface area contributed by atoms with E-state index in [2.05, 4.69) is 28.6 Å². The summed E-state index contributed by atoms with van der Waals surface area (Å²) in [5.74, 6) is 3.07. The van der Waals surface area contributed by atoms with E-state index in [-0.39, 0.29) is 5.78 Å². The lowest BCUT2D eigenvalue weighted by molar-refractivity contribution is 0.102. The summed E-state index contributed by atoms with van der Waals surface area (Å²) in [7, 11) is 1.60. The third-order valence-corrected chi connectivity index (χ3v) is 5.08. The molecule has 0 bridgehead atoms. The third kappa shape index (κ3) is 4.42. The summed E-state index contributed by atoms with van der Waals surface area (Å²) < 4.78 is 12.6. The minimum absolute atomic E-state index is 0.0443. The maximum atomic E-state index is 12.5. The van der Waals surface area contributed by atoms with Gasteiger partial charge in [0.25, 0.3) is 0 Å². The van der Waals surface area contributed by atoms with E-state index in [1.54, 1.807) is 37.6 Å². The maximum absolute atomic E-state index is 12.5. The Hall–Kier alpha value is -2.54. The zero-order valence-corrected chi connectivity index (χ0v) is 16.7. The van der Waals surface area contributed by atoms with Crippen LogP contribution in [0.3, 0.4) is 0 Å². The van der Waals surface area contributed by atoms with Gasteiger partial charge in [0.1, 0.15) is 11.5 Å². The summed E-state index contributed by atoms with van der Waals surface area (Å²) in [4.78, 5) is 12.5. The fraction of sp³-hybridized carbons (Fsp3) is 0.350. The van der Waals surface area contributed by atoms with Crippen molar-refractivity contribution in [2.24, 2.45) is 5.92 Å². The Labute approximate surface area is 162 Å². The number of rotatable bonds is 8. The molecule has 0 unspecified atom stereocenters. The van der Waals surface area contributed by atoms with E-state index in [4.69, 9.17) is 9.15 Å². The van der Waals surface area contributed by atoms with Crippen LogP contribution in [-0.4, -0.2) is 33.4 Å². The van der Waals surface area contributed by atoms with Gasteiger partial charge in [-0.3, -0.25) is 4.79 Å². The molecule has 0 saturated heterocycles. The number of methoxy groups -OCH3 is 1. The molecule has 1 aromatic carbocycles. The van der Waals surface area contributed by atoms with Gasteiger partial charge in [0, 0.05) is 12.1 Å². The molecular formula is C20H23N3O3S. The number of aromatic nitrogens is 3. The van der Waals surface area contributed by atoms with Crippen LogP contribution in [0, 0.1) is 12.8 Å². The van der Waals surface area contributed by atoms with Gasteiger partial charge in [0.05, 0.1) is 24.7 Å². The van der Waals surface area contributed by atoms with Gasteiger partial charge in [0.15, 0.2) is 16.8 Å². The molecule has 142 valence electrons. The number of thioether (sulfide) groups is 1. The topological polar surface area (TPSA) is 70.2 Å². The first-order valence-corrected chi connectivity index (χ1v) is 9.76. The Morgan fingerprint density at radius 2 is 1.96 bits per heavy atom. The van der Waals surface area contributed by atoms with E-state index < -0.39 is 0 Å². The predicted molar refractivity (Wildman–Crippen MR) is 105 cm³/mol. The van der Waals surface area contributed by atoms with Gasteiger partial charge in [0.2, 0.25) is 0 Å². The predicted octanol–water partition coefficient (Wildman–Crippen LogP) is 4.49. The number of nitrogens with zero attached hydrogens (tertiary/aromatic N) is 3. The van der Waals surface area contributed by atoms with Crippen molar-refractivity contribution >= 4 is 17.5 Å². The Kier molecular flexibility index (Phi) is 6.01. The van der Waals surface area contributed by atoms with E-state index in [9.17, 15) is 4.79 Å². The number of carbonyl (C=O) groups excluding carboxylic acids is 1. The number of benzene rings is 1. The molecule has 0 aliphatic rings. The lowest BCUT2D eigenvalue weighted by Gasteiger charge is -2.12. The number of Topliss-reactive ketones (excluding diaryl/α,β-unsaturated/α-hetero) is 1. The standard InChI is InChI=1S/C20H23N3O3S/c1-13(2)11-23-19(17-9-10-26-14(17)3)21-22-20(23)27-12-18(24)15-5-7-16(25-4)8-6-15/h5-10,13H,11-12H2,1-4H3. The number of ketones is 1. The minimum Gasteiger partial charge on any atom is -0.497 e. The molecule has 0 radical (unpaired) electrons. The highest BCUT2D eigenvalue weighted by molar-refractivity contribution is 7.99. The molecule has 0 fully saturated rings. The van der Waals surface area contributed by atoms with Crippen molar-refractivity contribution in [2.45, 2.75) is 32.5 Å². The van der Waals surface area contributed by atoms with Crippen molar-refractivity contribution in [3.63, 3.8) is 0 Å². The molecule has 3 aromatic rings. The molecule has 0 aliphatic carbocycles. The summed E-state index contributed by atoms with van der Waals surface area (Å²) in [5, 5.41) is 9.41. The molecule has 7 heteroatoms. The number of carbonyl (C=O) groups is 1. The van der Waals surface area contributed by atoms with Crippen LogP contribution >= 0.6 is 11.8 Å². The summed E-state index contributed by atoms with van der Waals surface area (Å²) in [6, 6.07) is 9.03. The highest BCUT2D eigenvalue weighted by Crippen LogP contribution is 2.28. The zero-order valence-electron chi connectivity index (χ0n) is 15.9. The van der Waals surface area contributed by atoms with Crippen LogP contribution < -0.4 is 4.74 Å². The van der Waals surface area contributed by atoms with Crippen molar-refractivity contribution in [3.05, 3.63) is 47.9 Å². The highest BCUT2D eigenvalue weighted by atomic mass is 32.2. The minimum atomic E-state index is 0.0443. The van der Waals surface area contributed by atoms with Crippen LogP contribution in [0.25, 0.3) is 11.4 Å². The van der Waals surface area contributed by atoms with E-state index in [1.807, 2.05) is 13.0 Å². The summed E-state index contributed by atoms with van der Waals surface area (Å²) >= 11 is 1.40. The molecule has 6 nitrogen and oxygen atoms in total. The Morgan fingerprint density at radius 3 is 2.56 bits per heavy atom. The van der Waals surface area contributed by atoms with Crippen LogP contribution in [0.15, 0.2) is 46.2 Å². The van der Waals surface area contributed by atoms with E-state index >= 15 is 0 Å². The van der Waals surface area contributed by atoms with Gasteiger partial charge in [-0.1, -0.05) is 25.6 Å². The fourth-order valence-corrected chi connectivity index (χ4v) is 3.57. The monoisotopic (exact) mass is 385 g/mol. The van der Waals surface area contributed by atoms with Crippen molar-refractivity contribution in [3.8, 4) is 17.1 Å². The van der Waals surface area contributed by atoms with Crippen LogP contribution in [0.2, 0.25) is 0 Å². The highest BCUT2D eigenvalue weighted by Gasteiger charge is 2.19. The molecule has 0 N–H and O–H groups in total. The second kappa shape index (κ2) is 8.43. The molecule has 2 heterocycles. The first-order valence-electron chi connectivity index (χ1n) is 8.77.